The lowest BCUT2D eigenvalue weighted by atomic mass is 9.45. The number of halogens is 2. The van der Waals surface area contributed by atoms with E-state index in [0.717, 1.165) is 6.42 Å². The number of ether oxygens (including phenoxy) is 1. The molecule has 3 nitrogen and oxygen atoms in total. The molecule has 0 radical (unpaired) electrons. The first kappa shape index (κ1) is 12.7. The fraction of sp³-hybridized carbons (Fsp3) is 0.917. The number of carbonyl (C=O) groups is 1. The molecule has 98 valence electrons. The molecule has 0 spiro atoms. The van der Waals surface area contributed by atoms with Crippen LogP contribution in [0.15, 0.2) is 0 Å². The van der Waals surface area contributed by atoms with E-state index in [0.29, 0.717) is 12.3 Å². The summed E-state index contributed by atoms with van der Waals surface area (Å²) in [6.45, 7) is 5.67. The highest BCUT2D eigenvalue weighted by molar-refractivity contribution is 5.73. The van der Waals surface area contributed by atoms with Crippen LogP contribution in [0.3, 0.4) is 0 Å². The van der Waals surface area contributed by atoms with Gasteiger partial charge in [-0.05, 0) is 37.0 Å². The van der Waals surface area contributed by atoms with E-state index in [1.54, 1.807) is 6.92 Å². The Morgan fingerprint density at radius 1 is 1.41 bits per heavy atom. The van der Waals surface area contributed by atoms with Crippen molar-refractivity contribution in [2.24, 2.45) is 17.3 Å². The second-order valence-electron chi connectivity index (χ2n) is 6.04. The van der Waals surface area contributed by atoms with Crippen LogP contribution >= 0.6 is 0 Å². The minimum atomic E-state index is -3.13. The van der Waals surface area contributed by atoms with Crippen LogP contribution in [0, 0.1) is 17.3 Å². The predicted octanol–water partition coefficient (Wildman–Crippen LogP) is 1.98. The molecule has 17 heavy (non-hydrogen) atoms. The predicted molar refractivity (Wildman–Crippen MR) is 56.5 cm³/mol. The number of rotatable bonds is 2. The summed E-state index contributed by atoms with van der Waals surface area (Å²) in [6, 6.07) is 0. The minimum absolute atomic E-state index is 0.0101. The number of fused-ring (bicyclic) bond motifs is 2. The fourth-order valence-corrected chi connectivity index (χ4v) is 3.35. The number of carbonyl (C=O) groups excluding carboxylic acids is 1. The quantitative estimate of drug-likeness (QED) is 0.760. The molecule has 5 heteroatoms. The highest BCUT2D eigenvalue weighted by Gasteiger charge is 2.63. The van der Waals surface area contributed by atoms with Gasteiger partial charge in [-0.25, -0.2) is 4.79 Å². The zero-order chi connectivity index (χ0) is 13.0. The van der Waals surface area contributed by atoms with Gasteiger partial charge in [0, 0.05) is 0 Å². The Hall–Kier alpha value is -0.710. The molecule has 3 fully saturated rings. The van der Waals surface area contributed by atoms with Gasteiger partial charge in [-0.3, -0.25) is 0 Å². The van der Waals surface area contributed by atoms with Gasteiger partial charge in [0.25, 0.3) is 0 Å². The average molecular weight is 248 g/mol. The number of aliphatic hydroxyl groups is 1. The van der Waals surface area contributed by atoms with Gasteiger partial charge in [0.1, 0.15) is 5.60 Å². The number of esters is 1. The minimum Gasteiger partial charge on any atom is -0.452 e. The molecule has 4 atom stereocenters. The maximum atomic E-state index is 12.2. The Kier molecular flexibility index (Phi) is 2.73. The van der Waals surface area contributed by atoms with Crippen LogP contribution in [-0.4, -0.2) is 29.2 Å². The van der Waals surface area contributed by atoms with Gasteiger partial charge in [-0.1, -0.05) is 13.8 Å². The van der Waals surface area contributed by atoms with E-state index < -0.39 is 24.1 Å². The van der Waals surface area contributed by atoms with E-state index in [9.17, 15) is 18.7 Å². The van der Waals surface area contributed by atoms with Crippen LogP contribution in [0.5, 0.6) is 0 Å². The van der Waals surface area contributed by atoms with Gasteiger partial charge in [-0.2, -0.15) is 8.78 Å². The maximum absolute atomic E-state index is 12.2. The monoisotopic (exact) mass is 248 g/mol. The first-order valence-electron chi connectivity index (χ1n) is 5.87. The SMILES string of the molecule is CC1(OC(=O)C(F)F)CC2CC(C1O)C2(C)C. The summed E-state index contributed by atoms with van der Waals surface area (Å²) in [5, 5.41) is 10.2. The summed E-state index contributed by atoms with van der Waals surface area (Å²) in [5.74, 6) is -1.19. The van der Waals surface area contributed by atoms with Crippen LogP contribution in [0.4, 0.5) is 8.78 Å². The molecular formula is C12H18F2O3. The molecule has 2 bridgehead atoms. The normalized spacial score (nSPS) is 43.1. The van der Waals surface area contributed by atoms with E-state index in [1.165, 1.54) is 0 Å². The van der Waals surface area contributed by atoms with Crippen molar-refractivity contribution in [3.63, 3.8) is 0 Å². The molecule has 3 aliphatic rings. The van der Waals surface area contributed by atoms with Crippen LogP contribution in [-0.2, 0) is 9.53 Å². The number of hydrogen-bond acceptors (Lipinski definition) is 3. The smallest absolute Gasteiger partial charge is 0.374 e. The van der Waals surface area contributed by atoms with E-state index in [4.69, 9.17) is 4.74 Å². The van der Waals surface area contributed by atoms with Crippen molar-refractivity contribution in [3.05, 3.63) is 0 Å². The second kappa shape index (κ2) is 3.64. The van der Waals surface area contributed by atoms with Gasteiger partial charge in [-0.15, -0.1) is 0 Å². The van der Waals surface area contributed by atoms with Gasteiger partial charge in [0.15, 0.2) is 0 Å². The molecule has 0 aromatic rings. The molecule has 0 saturated heterocycles. The summed E-state index contributed by atoms with van der Waals surface area (Å²) in [4.78, 5) is 11.0. The topological polar surface area (TPSA) is 46.5 Å². The van der Waals surface area contributed by atoms with E-state index in [2.05, 4.69) is 13.8 Å². The van der Waals surface area contributed by atoms with Gasteiger partial charge in [0.05, 0.1) is 6.10 Å². The van der Waals surface area contributed by atoms with Crippen LogP contribution < -0.4 is 0 Å². The summed E-state index contributed by atoms with van der Waals surface area (Å²) in [7, 11) is 0. The largest absolute Gasteiger partial charge is 0.452 e. The maximum Gasteiger partial charge on any atom is 0.374 e. The Balaban J connectivity index is 2.11. The van der Waals surface area contributed by atoms with E-state index in [-0.39, 0.29) is 11.3 Å². The summed E-state index contributed by atoms with van der Waals surface area (Å²) < 4.78 is 29.2. The lowest BCUT2D eigenvalue weighted by Crippen LogP contribution is -2.66. The number of hydrogen-bond donors (Lipinski definition) is 1. The first-order chi connectivity index (χ1) is 7.68. The Morgan fingerprint density at radius 3 is 2.41 bits per heavy atom. The molecule has 0 aliphatic heterocycles. The third-order valence-electron chi connectivity index (χ3n) is 4.72. The zero-order valence-corrected chi connectivity index (χ0v) is 10.2. The lowest BCUT2D eigenvalue weighted by Gasteiger charge is -2.63. The second-order valence-corrected chi connectivity index (χ2v) is 6.04. The van der Waals surface area contributed by atoms with Gasteiger partial charge >= 0.3 is 12.4 Å². The summed E-state index contributed by atoms with van der Waals surface area (Å²) in [6.07, 6.45) is -2.65. The molecular weight excluding hydrogens is 230 g/mol. The van der Waals surface area contributed by atoms with Gasteiger partial charge in [0.2, 0.25) is 0 Å². The first-order valence-corrected chi connectivity index (χ1v) is 5.87. The van der Waals surface area contributed by atoms with E-state index >= 15 is 0 Å². The Morgan fingerprint density at radius 2 is 2.00 bits per heavy atom. The van der Waals surface area contributed by atoms with Gasteiger partial charge < -0.3 is 9.84 Å². The molecule has 4 unspecified atom stereocenters. The van der Waals surface area contributed by atoms with Crippen molar-refractivity contribution in [1.29, 1.82) is 0 Å². The van der Waals surface area contributed by atoms with Crippen LogP contribution in [0.2, 0.25) is 0 Å². The number of alkyl halides is 2. The van der Waals surface area contributed by atoms with Crippen molar-refractivity contribution < 1.29 is 23.4 Å². The average Bonchev–Trinajstić information content (AvgIpc) is 2.21. The summed E-state index contributed by atoms with van der Waals surface area (Å²) in [5.41, 5.74) is -1.15. The van der Waals surface area contributed by atoms with Crippen molar-refractivity contribution in [2.75, 3.05) is 0 Å². The van der Waals surface area contributed by atoms with Crippen molar-refractivity contribution in [2.45, 2.75) is 51.7 Å². The molecule has 3 rings (SSSR count). The Bertz CT molecular complexity index is 343. The zero-order valence-electron chi connectivity index (χ0n) is 10.2. The van der Waals surface area contributed by atoms with Crippen LogP contribution in [0.1, 0.15) is 33.6 Å². The molecule has 0 amide bonds. The molecule has 0 aromatic heterocycles. The Labute approximate surface area is 99.1 Å². The van der Waals surface area contributed by atoms with Crippen LogP contribution in [0.25, 0.3) is 0 Å². The summed E-state index contributed by atoms with van der Waals surface area (Å²) >= 11 is 0. The highest BCUT2D eigenvalue weighted by Crippen LogP contribution is 2.62. The molecule has 1 N–H and O–H groups in total. The van der Waals surface area contributed by atoms with Crippen molar-refractivity contribution >= 4 is 5.97 Å². The fourth-order valence-electron chi connectivity index (χ4n) is 3.35. The molecule has 0 aromatic carbocycles. The molecule has 0 heterocycles. The molecule has 3 aliphatic carbocycles. The third-order valence-corrected chi connectivity index (χ3v) is 4.72. The van der Waals surface area contributed by atoms with Crippen molar-refractivity contribution in [1.82, 2.24) is 0 Å². The highest BCUT2D eigenvalue weighted by atomic mass is 19.3. The third kappa shape index (κ3) is 1.75. The number of aliphatic hydroxyl groups excluding tert-OH is 1. The van der Waals surface area contributed by atoms with E-state index in [1.807, 2.05) is 0 Å². The standard InChI is InChI=1S/C12H18F2O3/c1-11(2)6-4-7(11)8(15)12(3,5-6)17-10(16)9(13)14/h6-9,15H,4-5H2,1-3H3. The molecule has 3 saturated carbocycles. The van der Waals surface area contributed by atoms with Crippen molar-refractivity contribution in [3.8, 4) is 0 Å². The lowest BCUT2D eigenvalue weighted by molar-refractivity contribution is -0.250.